The maximum Gasteiger partial charge on any atom is 0.129 e. The summed E-state index contributed by atoms with van der Waals surface area (Å²) in [6.07, 6.45) is 3.57. The molecular weight excluding hydrogens is 246 g/mol. The summed E-state index contributed by atoms with van der Waals surface area (Å²) in [7, 11) is 0. The second kappa shape index (κ2) is 6.62. The maximum atomic E-state index is 5.78. The Balaban J connectivity index is 2.17. The molecule has 0 saturated heterocycles. The molecule has 0 aliphatic rings. The molecule has 2 N–H and O–H groups in total. The molecule has 0 aliphatic carbocycles. The molecule has 0 radical (unpaired) electrons. The summed E-state index contributed by atoms with van der Waals surface area (Å²) >= 11 is 0. The van der Waals surface area contributed by atoms with Gasteiger partial charge in [-0.05, 0) is 30.9 Å². The number of nitrogens with two attached hydrogens (primary N) is 1. The SMILES string of the molecule is CC(N)CCc1nccc(-c2ccc(C(C)C)cc2)n1. The first-order valence-corrected chi connectivity index (χ1v) is 7.24. The summed E-state index contributed by atoms with van der Waals surface area (Å²) in [6, 6.07) is 10.8. The molecule has 0 amide bonds. The van der Waals surface area contributed by atoms with Gasteiger partial charge in [-0.15, -0.1) is 0 Å². The van der Waals surface area contributed by atoms with Gasteiger partial charge in [-0.1, -0.05) is 38.1 Å². The van der Waals surface area contributed by atoms with E-state index < -0.39 is 0 Å². The van der Waals surface area contributed by atoms with Crippen LogP contribution in [0, 0.1) is 0 Å². The van der Waals surface area contributed by atoms with Crippen LogP contribution in [0.3, 0.4) is 0 Å². The molecule has 20 heavy (non-hydrogen) atoms. The molecule has 1 unspecified atom stereocenters. The number of rotatable bonds is 5. The van der Waals surface area contributed by atoms with E-state index in [1.807, 2.05) is 19.2 Å². The van der Waals surface area contributed by atoms with Gasteiger partial charge in [0.15, 0.2) is 0 Å². The van der Waals surface area contributed by atoms with Crippen LogP contribution in [0.2, 0.25) is 0 Å². The molecule has 1 heterocycles. The Hall–Kier alpha value is -1.74. The summed E-state index contributed by atoms with van der Waals surface area (Å²) in [5.41, 5.74) is 9.25. The van der Waals surface area contributed by atoms with E-state index in [1.165, 1.54) is 5.56 Å². The zero-order valence-electron chi connectivity index (χ0n) is 12.5. The minimum atomic E-state index is 0.188. The van der Waals surface area contributed by atoms with Crippen molar-refractivity contribution in [2.45, 2.75) is 45.6 Å². The predicted molar refractivity (Wildman–Crippen MR) is 83.5 cm³/mol. The monoisotopic (exact) mass is 269 g/mol. The molecule has 1 aromatic heterocycles. The molecular formula is C17H23N3. The normalized spacial score (nSPS) is 12.7. The summed E-state index contributed by atoms with van der Waals surface area (Å²) < 4.78 is 0. The van der Waals surface area contributed by atoms with E-state index in [2.05, 4.69) is 48.1 Å². The smallest absolute Gasteiger partial charge is 0.129 e. The Morgan fingerprint density at radius 3 is 2.35 bits per heavy atom. The number of hydrogen-bond acceptors (Lipinski definition) is 3. The second-order valence-electron chi connectivity index (χ2n) is 5.65. The number of hydrogen-bond donors (Lipinski definition) is 1. The van der Waals surface area contributed by atoms with Gasteiger partial charge in [-0.3, -0.25) is 0 Å². The van der Waals surface area contributed by atoms with Gasteiger partial charge in [-0.25, -0.2) is 9.97 Å². The van der Waals surface area contributed by atoms with Crippen LogP contribution in [0.4, 0.5) is 0 Å². The zero-order chi connectivity index (χ0) is 14.5. The topological polar surface area (TPSA) is 51.8 Å². The summed E-state index contributed by atoms with van der Waals surface area (Å²) in [5.74, 6) is 1.42. The Morgan fingerprint density at radius 1 is 1.05 bits per heavy atom. The van der Waals surface area contributed by atoms with E-state index in [-0.39, 0.29) is 6.04 Å². The first-order valence-electron chi connectivity index (χ1n) is 7.24. The van der Waals surface area contributed by atoms with Crippen LogP contribution in [-0.2, 0) is 6.42 Å². The zero-order valence-corrected chi connectivity index (χ0v) is 12.5. The van der Waals surface area contributed by atoms with Gasteiger partial charge in [0, 0.05) is 24.2 Å². The van der Waals surface area contributed by atoms with Gasteiger partial charge in [0.25, 0.3) is 0 Å². The minimum Gasteiger partial charge on any atom is -0.328 e. The molecule has 3 nitrogen and oxygen atoms in total. The van der Waals surface area contributed by atoms with Crippen molar-refractivity contribution in [2.24, 2.45) is 5.73 Å². The van der Waals surface area contributed by atoms with E-state index in [0.29, 0.717) is 5.92 Å². The van der Waals surface area contributed by atoms with Crippen LogP contribution >= 0.6 is 0 Å². The second-order valence-corrected chi connectivity index (χ2v) is 5.65. The van der Waals surface area contributed by atoms with E-state index in [9.17, 15) is 0 Å². The fraction of sp³-hybridized carbons (Fsp3) is 0.412. The van der Waals surface area contributed by atoms with Gasteiger partial charge in [-0.2, -0.15) is 0 Å². The Labute approximate surface area is 121 Å². The van der Waals surface area contributed by atoms with E-state index in [4.69, 9.17) is 5.73 Å². The highest BCUT2D eigenvalue weighted by Crippen LogP contribution is 2.21. The largest absolute Gasteiger partial charge is 0.328 e. The molecule has 106 valence electrons. The first kappa shape index (κ1) is 14.7. The third kappa shape index (κ3) is 3.87. The Morgan fingerprint density at radius 2 is 1.75 bits per heavy atom. The minimum absolute atomic E-state index is 0.188. The maximum absolute atomic E-state index is 5.78. The van der Waals surface area contributed by atoms with Crippen LogP contribution in [0.25, 0.3) is 11.3 Å². The molecule has 3 heteroatoms. The quantitative estimate of drug-likeness (QED) is 0.903. The van der Waals surface area contributed by atoms with Crippen LogP contribution in [0.15, 0.2) is 36.5 Å². The van der Waals surface area contributed by atoms with Gasteiger partial charge < -0.3 is 5.73 Å². The van der Waals surface area contributed by atoms with E-state index >= 15 is 0 Å². The lowest BCUT2D eigenvalue weighted by Gasteiger charge is -2.08. The molecule has 0 fully saturated rings. The molecule has 0 spiro atoms. The van der Waals surface area contributed by atoms with Gasteiger partial charge in [0.05, 0.1) is 5.69 Å². The summed E-state index contributed by atoms with van der Waals surface area (Å²) in [6.45, 7) is 6.41. The predicted octanol–water partition coefficient (Wildman–Crippen LogP) is 3.55. The van der Waals surface area contributed by atoms with Crippen molar-refractivity contribution < 1.29 is 0 Å². The van der Waals surface area contributed by atoms with Crippen molar-refractivity contribution in [3.63, 3.8) is 0 Å². The summed E-state index contributed by atoms with van der Waals surface area (Å²) in [4.78, 5) is 8.94. The fourth-order valence-corrected chi connectivity index (χ4v) is 2.08. The van der Waals surface area contributed by atoms with Crippen molar-refractivity contribution >= 4 is 0 Å². The Kier molecular flexibility index (Phi) is 4.85. The Bertz CT molecular complexity index is 544. The lowest BCUT2D eigenvalue weighted by molar-refractivity contribution is 0.648. The van der Waals surface area contributed by atoms with Crippen molar-refractivity contribution in [1.82, 2.24) is 9.97 Å². The van der Waals surface area contributed by atoms with Crippen molar-refractivity contribution in [3.05, 3.63) is 47.9 Å². The van der Waals surface area contributed by atoms with Gasteiger partial charge >= 0.3 is 0 Å². The first-order chi connectivity index (χ1) is 9.56. The van der Waals surface area contributed by atoms with Gasteiger partial charge in [0.1, 0.15) is 5.82 Å². The van der Waals surface area contributed by atoms with E-state index in [0.717, 1.165) is 29.9 Å². The lowest BCUT2D eigenvalue weighted by atomic mass is 10.0. The van der Waals surface area contributed by atoms with Crippen LogP contribution in [-0.4, -0.2) is 16.0 Å². The highest BCUT2D eigenvalue weighted by Gasteiger charge is 2.05. The fourth-order valence-electron chi connectivity index (χ4n) is 2.08. The molecule has 2 aromatic rings. The third-order valence-corrected chi connectivity index (χ3v) is 3.40. The number of aromatic nitrogens is 2. The summed E-state index contributed by atoms with van der Waals surface area (Å²) in [5, 5.41) is 0. The highest BCUT2D eigenvalue weighted by molar-refractivity contribution is 5.59. The molecule has 0 aliphatic heterocycles. The van der Waals surface area contributed by atoms with Crippen LogP contribution in [0.5, 0.6) is 0 Å². The van der Waals surface area contributed by atoms with Crippen LogP contribution < -0.4 is 5.73 Å². The van der Waals surface area contributed by atoms with Crippen molar-refractivity contribution in [2.75, 3.05) is 0 Å². The van der Waals surface area contributed by atoms with Crippen LogP contribution in [0.1, 0.15) is 44.5 Å². The lowest BCUT2D eigenvalue weighted by Crippen LogP contribution is -2.16. The standard InChI is InChI=1S/C17H23N3/c1-12(2)14-5-7-15(8-6-14)16-10-11-19-17(20-16)9-4-13(3)18/h5-8,10-13H,4,9,18H2,1-3H3. The molecule has 0 saturated carbocycles. The average molecular weight is 269 g/mol. The number of benzene rings is 1. The molecule has 1 aromatic carbocycles. The van der Waals surface area contributed by atoms with Crippen molar-refractivity contribution in [1.29, 1.82) is 0 Å². The molecule has 2 rings (SSSR count). The highest BCUT2D eigenvalue weighted by atomic mass is 14.9. The molecule has 1 atom stereocenters. The third-order valence-electron chi connectivity index (χ3n) is 3.40. The van der Waals surface area contributed by atoms with Gasteiger partial charge in [0.2, 0.25) is 0 Å². The van der Waals surface area contributed by atoms with Crippen molar-refractivity contribution in [3.8, 4) is 11.3 Å². The molecule has 0 bridgehead atoms. The average Bonchev–Trinajstić information content (AvgIpc) is 2.45. The number of aryl methyl sites for hydroxylation is 1. The van der Waals surface area contributed by atoms with E-state index in [1.54, 1.807) is 0 Å². The number of nitrogens with zero attached hydrogens (tertiary/aromatic N) is 2.